The lowest BCUT2D eigenvalue weighted by molar-refractivity contribution is 0.177. The molecule has 78 valence electrons. The molecule has 1 amide bonds. The van der Waals surface area contributed by atoms with E-state index in [1.807, 2.05) is 0 Å². The second kappa shape index (κ2) is 5.25. The Morgan fingerprint density at radius 3 is 2.54 bits per heavy atom. The van der Waals surface area contributed by atoms with Crippen LogP contribution in [0.1, 0.15) is 6.92 Å². The maximum atomic E-state index is 11.0. The van der Waals surface area contributed by atoms with E-state index in [0.717, 1.165) is 7.11 Å². The van der Waals surface area contributed by atoms with Gasteiger partial charge >= 0.3 is 16.3 Å². The van der Waals surface area contributed by atoms with Crippen molar-refractivity contribution in [1.29, 1.82) is 0 Å². The lowest BCUT2D eigenvalue weighted by atomic mass is 10.4. The van der Waals surface area contributed by atoms with Crippen molar-refractivity contribution >= 4 is 27.9 Å². The number of methoxy groups -OCH3 is 1. The molecule has 13 heavy (non-hydrogen) atoms. The van der Waals surface area contributed by atoms with Crippen LogP contribution >= 0.6 is 11.6 Å². The minimum Gasteiger partial charge on any atom is -0.452 e. The molecule has 8 heteroatoms. The predicted molar refractivity (Wildman–Crippen MR) is 47.8 cm³/mol. The normalized spacial score (nSPS) is 13.5. The van der Waals surface area contributed by atoms with E-state index < -0.39 is 22.3 Å². The largest absolute Gasteiger partial charge is 0.452 e. The number of carbonyl (C=O) groups excluding carboxylic acids is 1. The van der Waals surface area contributed by atoms with E-state index in [0.29, 0.717) is 0 Å². The van der Waals surface area contributed by atoms with Crippen LogP contribution in [-0.4, -0.2) is 33.5 Å². The monoisotopic (exact) mass is 230 g/mol. The molecule has 0 saturated heterocycles. The van der Waals surface area contributed by atoms with Gasteiger partial charge in [-0.3, -0.25) is 0 Å². The Hall–Kier alpha value is -0.530. The molecule has 0 aromatic carbocycles. The first-order valence-electron chi connectivity index (χ1n) is 3.35. The third kappa shape index (κ3) is 5.67. The van der Waals surface area contributed by atoms with Gasteiger partial charge in [-0.2, -0.15) is 13.1 Å². The average molecular weight is 231 g/mol. The zero-order chi connectivity index (χ0) is 10.5. The van der Waals surface area contributed by atoms with Crippen molar-refractivity contribution in [3.8, 4) is 0 Å². The molecule has 0 heterocycles. The molecule has 1 atom stereocenters. The van der Waals surface area contributed by atoms with E-state index in [9.17, 15) is 13.2 Å². The van der Waals surface area contributed by atoms with Crippen molar-refractivity contribution in [2.24, 2.45) is 0 Å². The SMILES string of the molecule is COC(=O)NS(=O)(=O)NC(C)CCl. The highest BCUT2D eigenvalue weighted by atomic mass is 35.5. The smallest absolute Gasteiger partial charge is 0.421 e. The fourth-order valence-corrected chi connectivity index (χ4v) is 1.62. The number of amides is 1. The van der Waals surface area contributed by atoms with Gasteiger partial charge in [0.05, 0.1) is 7.11 Å². The van der Waals surface area contributed by atoms with Crippen molar-refractivity contribution < 1.29 is 17.9 Å². The van der Waals surface area contributed by atoms with Crippen molar-refractivity contribution in [2.45, 2.75) is 13.0 Å². The van der Waals surface area contributed by atoms with Gasteiger partial charge in [-0.05, 0) is 6.92 Å². The van der Waals surface area contributed by atoms with Crippen LogP contribution in [-0.2, 0) is 14.9 Å². The number of hydrogen-bond acceptors (Lipinski definition) is 4. The molecule has 1 unspecified atom stereocenters. The highest BCUT2D eigenvalue weighted by Crippen LogP contribution is 1.89. The number of nitrogens with one attached hydrogen (secondary N) is 2. The number of carbonyl (C=O) groups is 1. The Morgan fingerprint density at radius 1 is 1.62 bits per heavy atom. The summed E-state index contributed by atoms with van der Waals surface area (Å²) in [5.74, 6) is 0.113. The molecule has 6 nitrogen and oxygen atoms in total. The van der Waals surface area contributed by atoms with E-state index >= 15 is 0 Å². The zero-order valence-electron chi connectivity index (χ0n) is 7.20. The van der Waals surface area contributed by atoms with Gasteiger partial charge in [0.25, 0.3) is 0 Å². The molecule has 0 aromatic rings. The molecule has 2 N–H and O–H groups in total. The van der Waals surface area contributed by atoms with Gasteiger partial charge in [-0.25, -0.2) is 9.52 Å². The first-order valence-corrected chi connectivity index (χ1v) is 5.37. The van der Waals surface area contributed by atoms with Crippen LogP contribution in [0.25, 0.3) is 0 Å². The van der Waals surface area contributed by atoms with Crippen LogP contribution in [0.3, 0.4) is 0 Å². The first kappa shape index (κ1) is 12.5. The van der Waals surface area contributed by atoms with Crippen LogP contribution in [0, 0.1) is 0 Å². The number of hydrogen-bond donors (Lipinski definition) is 2. The fourth-order valence-electron chi connectivity index (χ4n) is 0.477. The Balaban J connectivity index is 4.17. The molecule has 0 aliphatic rings. The quantitative estimate of drug-likeness (QED) is 0.656. The van der Waals surface area contributed by atoms with E-state index in [-0.39, 0.29) is 5.88 Å². The van der Waals surface area contributed by atoms with Crippen LogP contribution in [0.4, 0.5) is 4.79 Å². The number of halogens is 1. The number of alkyl halides is 1. The topological polar surface area (TPSA) is 84.5 Å². The lowest BCUT2D eigenvalue weighted by Gasteiger charge is -2.10. The first-order chi connectivity index (χ1) is 5.91. The Kier molecular flexibility index (Phi) is 5.04. The Morgan fingerprint density at radius 2 is 2.15 bits per heavy atom. The highest BCUT2D eigenvalue weighted by molar-refractivity contribution is 7.88. The minimum atomic E-state index is -3.86. The van der Waals surface area contributed by atoms with Gasteiger partial charge in [-0.15, -0.1) is 11.6 Å². The van der Waals surface area contributed by atoms with Gasteiger partial charge in [-0.1, -0.05) is 0 Å². The van der Waals surface area contributed by atoms with Gasteiger partial charge in [0.1, 0.15) is 0 Å². The van der Waals surface area contributed by atoms with Crippen molar-refractivity contribution in [1.82, 2.24) is 9.44 Å². The van der Waals surface area contributed by atoms with Gasteiger partial charge < -0.3 is 4.74 Å². The third-order valence-corrected chi connectivity index (χ3v) is 2.60. The van der Waals surface area contributed by atoms with E-state index in [1.165, 1.54) is 0 Å². The maximum absolute atomic E-state index is 11.0. The van der Waals surface area contributed by atoms with Gasteiger partial charge in [0.15, 0.2) is 0 Å². The minimum absolute atomic E-state index is 0.113. The maximum Gasteiger partial charge on any atom is 0.421 e. The summed E-state index contributed by atoms with van der Waals surface area (Å²) in [6.07, 6.45) is -1.05. The summed E-state index contributed by atoms with van der Waals surface area (Å²) < 4.78 is 29.8. The van der Waals surface area contributed by atoms with Gasteiger partial charge in [0, 0.05) is 11.9 Å². The standard InChI is InChI=1S/C5H11ClN2O4S/c1-4(3-6)7-13(10,11)8-5(9)12-2/h4,7H,3H2,1-2H3,(H,8,9). The summed E-state index contributed by atoms with van der Waals surface area (Å²) in [5.41, 5.74) is 0. The lowest BCUT2D eigenvalue weighted by Crippen LogP contribution is -2.44. The van der Waals surface area contributed by atoms with Crippen LogP contribution in [0.5, 0.6) is 0 Å². The molecule has 0 spiro atoms. The molecule has 0 saturated carbocycles. The van der Waals surface area contributed by atoms with Gasteiger partial charge in [0.2, 0.25) is 0 Å². The summed E-state index contributed by atoms with van der Waals surface area (Å²) in [7, 11) is -2.80. The van der Waals surface area contributed by atoms with Crippen molar-refractivity contribution in [2.75, 3.05) is 13.0 Å². The molecule has 0 aromatic heterocycles. The highest BCUT2D eigenvalue weighted by Gasteiger charge is 2.16. The number of ether oxygens (including phenoxy) is 1. The third-order valence-electron chi connectivity index (χ3n) is 0.991. The molecular weight excluding hydrogens is 220 g/mol. The summed E-state index contributed by atoms with van der Waals surface area (Å²) in [6, 6.07) is -0.455. The average Bonchev–Trinajstić information content (AvgIpc) is 2.02. The predicted octanol–water partition coefficient (Wildman–Crippen LogP) is -0.196. The molecule has 0 aliphatic carbocycles. The van der Waals surface area contributed by atoms with Crippen molar-refractivity contribution in [3.63, 3.8) is 0 Å². The summed E-state index contributed by atoms with van der Waals surface area (Å²) >= 11 is 5.36. The molecule has 0 rings (SSSR count). The molecular formula is C5H11ClN2O4S. The Bertz CT molecular complexity index is 266. The van der Waals surface area contributed by atoms with E-state index in [4.69, 9.17) is 11.6 Å². The molecule has 0 fully saturated rings. The summed E-state index contributed by atoms with van der Waals surface area (Å²) in [4.78, 5) is 10.5. The van der Waals surface area contributed by atoms with Crippen LogP contribution < -0.4 is 9.44 Å². The van der Waals surface area contributed by atoms with E-state index in [2.05, 4.69) is 9.46 Å². The molecule has 0 radical (unpaired) electrons. The Labute approximate surface area is 81.8 Å². The fraction of sp³-hybridized carbons (Fsp3) is 0.800. The molecule has 0 bridgehead atoms. The van der Waals surface area contributed by atoms with Crippen molar-refractivity contribution in [3.05, 3.63) is 0 Å². The molecule has 0 aliphatic heterocycles. The number of rotatable bonds is 4. The second-order valence-corrected chi connectivity index (χ2v) is 4.03. The second-order valence-electron chi connectivity index (χ2n) is 2.27. The summed E-state index contributed by atoms with van der Waals surface area (Å²) in [6.45, 7) is 1.56. The summed E-state index contributed by atoms with van der Waals surface area (Å²) in [5, 5.41) is 0. The zero-order valence-corrected chi connectivity index (χ0v) is 8.78. The van der Waals surface area contributed by atoms with E-state index in [1.54, 1.807) is 11.6 Å². The van der Waals surface area contributed by atoms with Crippen LogP contribution in [0.2, 0.25) is 0 Å². The van der Waals surface area contributed by atoms with Crippen LogP contribution in [0.15, 0.2) is 0 Å².